The summed E-state index contributed by atoms with van der Waals surface area (Å²) in [5.41, 5.74) is 2.43. The maximum atomic E-state index is 12.3. The Morgan fingerprint density at radius 2 is 1.86 bits per heavy atom. The Morgan fingerprint density at radius 1 is 1.18 bits per heavy atom. The number of rotatable bonds is 8. The van der Waals surface area contributed by atoms with Crippen LogP contribution in [-0.2, 0) is 11.2 Å². The first-order chi connectivity index (χ1) is 10.4. The lowest BCUT2D eigenvalue weighted by atomic mass is 9.90. The number of nitrogens with one attached hydrogen (secondary N) is 1. The van der Waals surface area contributed by atoms with E-state index in [9.17, 15) is 4.79 Å². The van der Waals surface area contributed by atoms with Gasteiger partial charge in [-0.2, -0.15) is 0 Å². The quantitative estimate of drug-likeness (QED) is 0.748. The van der Waals surface area contributed by atoms with E-state index in [4.69, 9.17) is 0 Å². The normalized spacial score (nSPS) is 13.0. The molecule has 1 aromatic rings. The summed E-state index contributed by atoms with van der Waals surface area (Å²) in [5, 5.41) is 2.99. The number of carbonyl (C=O) groups excluding carboxylic acids is 1. The molecule has 0 unspecified atom stereocenters. The zero-order valence-electron chi connectivity index (χ0n) is 14.6. The molecular formula is C19H30N2O. The highest BCUT2D eigenvalue weighted by molar-refractivity contribution is 5.83. The van der Waals surface area contributed by atoms with Gasteiger partial charge in [0.2, 0.25) is 5.91 Å². The van der Waals surface area contributed by atoms with Crippen LogP contribution in [0.15, 0.2) is 36.4 Å². The molecule has 3 nitrogen and oxygen atoms in total. The number of benzene rings is 1. The van der Waals surface area contributed by atoms with Gasteiger partial charge in [0.05, 0.1) is 5.92 Å². The SMILES string of the molecule is CC(C)Cc1ccccc1[C@@H](C)C(=O)NCC=CCN(C)C. The fourth-order valence-corrected chi connectivity index (χ4v) is 2.40. The number of likely N-dealkylation sites (N-methyl/N-ethyl adjacent to an activating group) is 1. The van der Waals surface area contributed by atoms with Gasteiger partial charge in [0.1, 0.15) is 0 Å². The highest BCUT2D eigenvalue weighted by Gasteiger charge is 2.17. The van der Waals surface area contributed by atoms with E-state index >= 15 is 0 Å². The van der Waals surface area contributed by atoms with E-state index < -0.39 is 0 Å². The molecule has 1 aromatic carbocycles. The Labute approximate surface area is 135 Å². The number of amides is 1. The molecule has 0 saturated heterocycles. The van der Waals surface area contributed by atoms with Crippen LogP contribution >= 0.6 is 0 Å². The van der Waals surface area contributed by atoms with Crippen molar-refractivity contribution in [2.75, 3.05) is 27.2 Å². The van der Waals surface area contributed by atoms with Crippen LogP contribution in [-0.4, -0.2) is 38.0 Å². The molecule has 1 N–H and O–H groups in total. The van der Waals surface area contributed by atoms with Crippen LogP contribution in [0.25, 0.3) is 0 Å². The number of hydrogen-bond donors (Lipinski definition) is 1. The van der Waals surface area contributed by atoms with Gasteiger partial charge in [-0.15, -0.1) is 0 Å². The Hall–Kier alpha value is -1.61. The maximum absolute atomic E-state index is 12.3. The zero-order valence-corrected chi connectivity index (χ0v) is 14.6. The average molecular weight is 302 g/mol. The van der Waals surface area contributed by atoms with Gasteiger partial charge in [0.15, 0.2) is 0 Å². The van der Waals surface area contributed by atoms with Gasteiger partial charge in [-0.3, -0.25) is 4.79 Å². The van der Waals surface area contributed by atoms with Gasteiger partial charge in [-0.25, -0.2) is 0 Å². The van der Waals surface area contributed by atoms with Crippen molar-refractivity contribution in [3.05, 3.63) is 47.5 Å². The molecule has 0 fully saturated rings. The van der Waals surface area contributed by atoms with Crippen LogP contribution in [0.5, 0.6) is 0 Å². The molecule has 0 aliphatic carbocycles. The highest BCUT2D eigenvalue weighted by Crippen LogP contribution is 2.22. The van der Waals surface area contributed by atoms with Crippen LogP contribution in [0.2, 0.25) is 0 Å². The second-order valence-electron chi connectivity index (χ2n) is 6.50. The molecule has 0 saturated carbocycles. The summed E-state index contributed by atoms with van der Waals surface area (Å²) < 4.78 is 0. The molecule has 0 aliphatic heterocycles. The summed E-state index contributed by atoms with van der Waals surface area (Å²) in [7, 11) is 4.05. The maximum Gasteiger partial charge on any atom is 0.227 e. The van der Waals surface area contributed by atoms with E-state index in [1.807, 2.05) is 33.2 Å². The number of nitrogens with zero attached hydrogens (tertiary/aromatic N) is 1. The molecule has 1 atom stereocenters. The molecule has 1 amide bonds. The first-order valence-corrected chi connectivity index (χ1v) is 8.07. The summed E-state index contributed by atoms with van der Waals surface area (Å²) in [6.45, 7) is 7.87. The van der Waals surface area contributed by atoms with E-state index in [-0.39, 0.29) is 11.8 Å². The molecule has 0 aliphatic rings. The van der Waals surface area contributed by atoms with Gasteiger partial charge in [0, 0.05) is 13.1 Å². The minimum Gasteiger partial charge on any atom is -0.352 e. The van der Waals surface area contributed by atoms with Crippen molar-refractivity contribution >= 4 is 5.91 Å². The van der Waals surface area contributed by atoms with Crippen LogP contribution < -0.4 is 5.32 Å². The summed E-state index contributed by atoms with van der Waals surface area (Å²) in [6.07, 6.45) is 5.08. The lowest BCUT2D eigenvalue weighted by Crippen LogP contribution is -2.28. The minimum absolute atomic E-state index is 0.0886. The lowest BCUT2D eigenvalue weighted by molar-refractivity contribution is -0.122. The van der Waals surface area contributed by atoms with Gasteiger partial charge in [-0.1, -0.05) is 50.3 Å². The molecule has 0 spiro atoms. The zero-order chi connectivity index (χ0) is 16.5. The van der Waals surface area contributed by atoms with E-state index in [1.54, 1.807) is 0 Å². The first-order valence-electron chi connectivity index (χ1n) is 8.07. The number of carbonyl (C=O) groups is 1. The molecule has 22 heavy (non-hydrogen) atoms. The number of hydrogen-bond acceptors (Lipinski definition) is 2. The van der Waals surface area contributed by atoms with Gasteiger partial charge < -0.3 is 10.2 Å². The van der Waals surface area contributed by atoms with E-state index in [1.165, 1.54) is 5.56 Å². The minimum atomic E-state index is -0.114. The van der Waals surface area contributed by atoms with Crippen LogP contribution in [0.1, 0.15) is 37.8 Å². The Kier molecular flexibility index (Phi) is 7.89. The fraction of sp³-hybridized carbons (Fsp3) is 0.526. The Morgan fingerprint density at radius 3 is 2.50 bits per heavy atom. The highest BCUT2D eigenvalue weighted by atomic mass is 16.1. The van der Waals surface area contributed by atoms with Crippen molar-refractivity contribution in [1.82, 2.24) is 10.2 Å². The summed E-state index contributed by atoms with van der Waals surface area (Å²) >= 11 is 0. The molecule has 122 valence electrons. The van der Waals surface area contributed by atoms with Crippen molar-refractivity contribution in [1.29, 1.82) is 0 Å². The molecule has 3 heteroatoms. The van der Waals surface area contributed by atoms with E-state index in [0.717, 1.165) is 18.5 Å². The molecule has 1 rings (SSSR count). The smallest absolute Gasteiger partial charge is 0.227 e. The predicted octanol–water partition coefficient (Wildman–Crippen LogP) is 3.22. The second-order valence-corrected chi connectivity index (χ2v) is 6.50. The van der Waals surface area contributed by atoms with Crippen LogP contribution in [0, 0.1) is 5.92 Å². The topological polar surface area (TPSA) is 32.3 Å². The molecular weight excluding hydrogens is 272 g/mol. The third-order valence-electron chi connectivity index (χ3n) is 3.57. The first kappa shape index (κ1) is 18.4. The summed E-state index contributed by atoms with van der Waals surface area (Å²) in [6, 6.07) is 8.27. The molecule has 0 aromatic heterocycles. The monoisotopic (exact) mass is 302 g/mol. The van der Waals surface area contributed by atoms with Crippen molar-refractivity contribution in [3.63, 3.8) is 0 Å². The second kappa shape index (κ2) is 9.42. The largest absolute Gasteiger partial charge is 0.352 e. The van der Waals surface area contributed by atoms with Gasteiger partial charge >= 0.3 is 0 Å². The van der Waals surface area contributed by atoms with Crippen LogP contribution in [0.3, 0.4) is 0 Å². The Balaban J connectivity index is 2.61. The predicted molar refractivity (Wildman–Crippen MR) is 94.1 cm³/mol. The third kappa shape index (κ3) is 6.44. The van der Waals surface area contributed by atoms with Crippen molar-refractivity contribution < 1.29 is 4.79 Å². The molecule has 0 bridgehead atoms. The van der Waals surface area contributed by atoms with E-state index in [2.05, 4.69) is 48.3 Å². The average Bonchev–Trinajstić information content (AvgIpc) is 2.45. The van der Waals surface area contributed by atoms with Crippen molar-refractivity contribution in [2.45, 2.75) is 33.1 Å². The lowest BCUT2D eigenvalue weighted by Gasteiger charge is -2.17. The van der Waals surface area contributed by atoms with E-state index in [0.29, 0.717) is 12.5 Å². The van der Waals surface area contributed by atoms with Crippen molar-refractivity contribution in [2.24, 2.45) is 5.92 Å². The third-order valence-corrected chi connectivity index (χ3v) is 3.57. The summed E-state index contributed by atoms with van der Waals surface area (Å²) in [5.74, 6) is 0.563. The Bertz CT molecular complexity index is 492. The summed E-state index contributed by atoms with van der Waals surface area (Å²) in [4.78, 5) is 14.4. The fourth-order valence-electron chi connectivity index (χ4n) is 2.40. The van der Waals surface area contributed by atoms with Crippen LogP contribution in [0.4, 0.5) is 0 Å². The molecule has 0 heterocycles. The molecule has 0 radical (unpaired) electrons. The van der Waals surface area contributed by atoms with Crippen molar-refractivity contribution in [3.8, 4) is 0 Å². The van der Waals surface area contributed by atoms with Gasteiger partial charge in [-0.05, 0) is 44.5 Å². The standard InChI is InChI=1S/C19H30N2O/c1-15(2)14-17-10-6-7-11-18(17)16(3)19(22)20-12-8-9-13-21(4)5/h6-11,15-16H,12-14H2,1-5H3,(H,20,22)/t16-/m1/s1. The van der Waals surface area contributed by atoms with Gasteiger partial charge in [0.25, 0.3) is 0 Å².